The standard InChI is InChI=1S/C59H101NO5/c1-4-7-10-13-16-19-22-25-28-30-33-36-39-42-45-48-51-57(62)56(54-61)60-58(63)53-55(50-47-44-41-38-35-32-27-24-21-18-15-12-9-6-3)65-59(64)52-49-46-43-40-37-34-31-29-26-23-20-17-14-11-8-5-2/h8-9,11-12,17-18,20-21,26-27,29,32,38,41,47,50,55-57,61-62H,4-7,10,13-16,19,22-25,28,30-31,33-37,39-40,42-46,48-49,51-54H2,1-3H3,(H,60,63)/b11-8+,12-9+,20-17+,21-18+,29-26+,32-27+,41-38+,50-47+. The summed E-state index contributed by atoms with van der Waals surface area (Å²) in [6.45, 7) is 6.22. The molecule has 0 rings (SSSR count). The predicted molar refractivity (Wildman–Crippen MR) is 282 cm³/mol. The second-order valence-electron chi connectivity index (χ2n) is 17.9. The summed E-state index contributed by atoms with van der Waals surface area (Å²) < 4.78 is 5.83. The maximum Gasteiger partial charge on any atom is 0.306 e. The molecule has 372 valence electrons. The SMILES string of the molecule is CC/C=C/C/C=C/C/C=C/C/C=C/C/C=C/C(CC(=O)NC(CO)C(O)CCCCCCCCCCCCCCCCCC)OC(=O)CCCCCCCC/C=C/C/C=C/C/C=C/CC. The van der Waals surface area contributed by atoms with Gasteiger partial charge in [-0.15, -0.1) is 0 Å². The molecule has 0 saturated heterocycles. The summed E-state index contributed by atoms with van der Waals surface area (Å²) in [5.74, 6) is -0.647. The van der Waals surface area contributed by atoms with Crippen LogP contribution < -0.4 is 5.32 Å². The monoisotopic (exact) mass is 904 g/mol. The van der Waals surface area contributed by atoms with E-state index in [-0.39, 0.29) is 24.9 Å². The Balaban J connectivity index is 4.70. The molecular weight excluding hydrogens is 803 g/mol. The van der Waals surface area contributed by atoms with Crippen LogP contribution in [0.15, 0.2) is 97.2 Å². The van der Waals surface area contributed by atoms with Gasteiger partial charge in [-0.05, 0) is 83.1 Å². The Morgan fingerprint density at radius 3 is 1.31 bits per heavy atom. The fourth-order valence-electron chi connectivity index (χ4n) is 7.64. The van der Waals surface area contributed by atoms with E-state index in [4.69, 9.17) is 4.74 Å². The van der Waals surface area contributed by atoms with E-state index in [1.54, 1.807) is 6.08 Å². The van der Waals surface area contributed by atoms with Crippen molar-refractivity contribution in [2.45, 2.75) is 257 Å². The molecule has 0 spiro atoms. The maximum atomic E-state index is 13.2. The summed E-state index contributed by atoms with van der Waals surface area (Å²) in [6, 6.07) is -0.750. The average molecular weight is 904 g/mol. The topological polar surface area (TPSA) is 95.9 Å². The molecule has 3 unspecified atom stereocenters. The molecule has 0 bridgehead atoms. The third-order valence-electron chi connectivity index (χ3n) is 11.7. The van der Waals surface area contributed by atoms with Crippen molar-refractivity contribution in [3.63, 3.8) is 0 Å². The lowest BCUT2D eigenvalue weighted by Gasteiger charge is -2.23. The van der Waals surface area contributed by atoms with Crippen molar-refractivity contribution >= 4 is 11.9 Å². The van der Waals surface area contributed by atoms with Crippen LogP contribution in [-0.4, -0.2) is 46.9 Å². The average Bonchev–Trinajstić information content (AvgIpc) is 3.30. The first-order valence-electron chi connectivity index (χ1n) is 27.0. The second-order valence-corrected chi connectivity index (χ2v) is 17.9. The van der Waals surface area contributed by atoms with Crippen LogP contribution in [0.25, 0.3) is 0 Å². The van der Waals surface area contributed by atoms with E-state index in [1.165, 1.54) is 96.3 Å². The largest absolute Gasteiger partial charge is 0.458 e. The number of ether oxygens (including phenoxy) is 1. The minimum absolute atomic E-state index is 0.0558. The van der Waals surface area contributed by atoms with Gasteiger partial charge < -0.3 is 20.3 Å². The number of hydrogen-bond acceptors (Lipinski definition) is 5. The van der Waals surface area contributed by atoms with Crippen molar-refractivity contribution in [3.8, 4) is 0 Å². The minimum atomic E-state index is -0.827. The summed E-state index contributed by atoms with van der Waals surface area (Å²) in [6.07, 6.45) is 69.3. The number of esters is 1. The molecule has 6 heteroatoms. The molecule has 0 fully saturated rings. The molecule has 3 atom stereocenters. The molecule has 0 saturated carbocycles. The normalized spacial score (nSPS) is 14.0. The molecule has 0 aromatic heterocycles. The number of aliphatic hydroxyl groups is 2. The van der Waals surface area contributed by atoms with Gasteiger partial charge in [0, 0.05) is 6.42 Å². The van der Waals surface area contributed by atoms with Crippen LogP contribution in [0.1, 0.15) is 239 Å². The Hall–Kier alpha value is -3.22. The van der Waals surface area contributed by atoms with E-state index in [1.807, 2.05) is 6.08 Å². The van der Waals surface area contributed by atoms with Gasteiger partial charge in [0.05, 0.1) is 25.2 Å². The zero-order valence-electron chi connectivity index (χ0n) is 42.3. The molecule has 0 aromatic rings. The van der Waals surface area contributed by atoms with E-state index >= 15 is 0 Å². The predicted octanol–water partition coefficient (Wildman–Crippen LogP) is 16.5. The van der Waals surface area contributed by atoms with Gasteiger partial charge in [0.2, 0.25) is 5.91 Å². The van der Waals surface area contributed by atoms with Crippen molar-refractivity contribution in [2.24, 2.45) is 0 Å². The van der Waals surface area contributed by atoms with Crippen LogP contribution in [-0.2, 0) is 14.3 Å². The highest BCUT2D eigenvalue weighted by Gasteiger charge is 2.23. The highest BCUT2D eigenvalue weighted by molar-refractivity contribution is 5.78. The molecule has 3 N–H and O–H groups in total. The van der Waals surface area contributed by atoms with E-state index in [9.17, 15) is 19.8 Å². The first kappa shape index (κ1) is 61.8. The molecule has 0 aliphatic rings. The fourth-order valence-corrected chi connectivity index (χ4v) is 7.64. The van der Waals surface area contributed by atoms with Crippen molar-refractivity contribution in [1.29, 1.82) is 0 Å². The van der Waals surface area contributed by atoms with Gasteiger partial charge in [-0.25, -0.2) is 0 Å². The smallest absolute Gasteiger partial charge is 0.306 e. The number of nitrogens with one attached hydrogen (secondary N) is 1. The van der Waals surface area contributed by atoms with Gasteiger partial charge in [0.25, 0.3) is 0 Å². The zero-order chi connectivity index (χ0) is 47.4. The van der Waals surface area contributed by atoms with Crippen LogP contribution >= 0.6 is 0 Å². The van der Waals surface area contributed by atoms with Gasteiger partial charge >= 0.3 is 5.97 Å². The zero-order valence-corrected chi connectivity index (χ0v) is 42.3. The van der Waals surface area contributed by atoms with Crippen LogP contribution in [0.5, 0.6) is 0 Å². The lowest BCUT2D eigenvalue weighted by Crippen LogP contribution is -2.46. The number of rotatable bonds is 47. The molecular formula is C59H101NO5. The van der Waals surface area contributed by atoms with Gasteiger partial charge in [-0.2, -0.15) is 0 Å². The Morgan fingerprint density at radius 1 is 0.477 bits per heavy atom. The van der Waals surface area contributed by atoms with Crippen LogP contribution in [0.3, 0.4) is 0 Å². The molecule has 0 radical (unpaired) electrons. The molecule has 0 heterocycles. The summed E-state index contributed by atoms with van der Waals surface area (Å²) >= 11 is 0. The number of aliphatic hydroxyl groups excluding tert-OH is 2. The van der Waals surface area contributed by atoms with Crippen molar-refractivity contribution in [1.82, 2.24) is 5.32 Å². The van der Waals surface area contributed by atoms with Gasteiger partial charge in [-0.1, -0.05) is 240 Å². The maximum absolute atomic E-state index is 13.2. The second kappa shape index (κ2) is 51.8. The third kappa shape index (κ3) is 47.1. The highest BCUT2D eigenvalue weighted by atomic mass is 16.5. The summed E-state index contributed by atoms with van der Waals surface area (Å²) in [5.41, 5.74) is 0. The molecule has 0 aromatic carbocycles. The fraction of sp³-hybridized carbons (Fsp3) is 0.695. The molecule has 65 heavy (non-hydrogen) atoms. The van der Waals surface area contributed by atoms with Crippen LogP contribution in [0, 0.1) is 0 Å². The van der Waals surface area contributed by atoms with E-state index < -0.39 is 18.2 Å². The van der Waals surface area contributed by atoms with Gasteiger partial charge in [0.1, 0.15) is 6.10 Å². The van der Waals surface area contributed by atoms with Crippen molar-refractivity contribution < 1.29 is 24.5 Å². The minimum Gasteiger partial charge on any atom is -0.458 e. The van der Waals surface area contributed by atoms with Crippen LogP contribution in [0.2, 0.25) is 0 Å². The highest BCUT2D eigenvalue weighted by Crippen LogP contribution is 2.16. The number of allylic oxidation sites excluding steroid dienone is 15. The Kier molecular flexibility index (Phi) is 49.2. The van der Waals surface area contributed by atoms with E-state index in [0.717, 1.165) is 96.3 Å². The number of unbranched alkanes of at least 4 members (excludes halogenated alkanes) is 21. The molecule has 0 aliphatic heterocycles. The number of carbonyl (C=O) groups is 2. The van der Waals surface area contributed by atoms with Crippen molar-refractivity contribution in [2.75, 3.05) is 6.61 Å². The molecule has 1 amide bonds. The van der Waals surface area contributed by atoms with Gasteiger partial charge in [-0.3, -0.25) is 9.59 Å². The first-order chi connectivity index (χ1) is 32.0. The number of amides is 1. The molecule has 0 aliphatic carbocycles. The van der Waals surface area contributed by atoms with Crippen molar-refractivity contribution in [3.05, 3.63) is 97.2 Å². The molecule has 6 nitrogen and oxygen atoms in total. The van der Waals surface area contributed by atoms with Gasteiger partial charge in [0.15, 0.2) is 0 Å². The third-order valence-corrected chi connectivity index (χ3v) is 11.7. The number of carbonyl (C=O) groups excluding carboxylic acids is 2. The summed E-state index contributed by atoms with van der Waals surface area (Å²) in [5, 5.41) is 23.8. The number of hydrogen-bond donors (Lipinski definition) is 3. The Labute approximate surface area is 401 Å². The Bertz CT molecular complexity index is 1290. The lowest BCUT2D eigenvalue weighted by molar-refractivity contribution is -0.148. The van der Waals surface area contributed by atoms with E-state index in [2.05, 4.69) is 111 Å². The summed E-state index contributed by atoms with van der Waals surface area (Å²) in [4.78, 5) is 26.1. The lowest BCUT2D eigenvalue weighted by atomic mass is 10.0. The van der Waals surface area contributed by atoms with E-state index in [0.29, 0.717) is 19.3 Å². The Morgan fingerprint density at radius 2 is 0.862 bits per heavy atom. The van der Waals surface area contributed by atoms with Crippen LogP contribution in [0.4, 0.5) is 0 Å². The summed E-state index contributed by atoms with van der Waals surface area (Å²) in [7, 11) is 0. The first-order valence-corrected chi connectivity index (χ1v) is 27.0. The quantitative estimate of drug-likeness (QED) is 0.0321.